The van der Waals surface area contributed by atoms with Gasteiger partial charge in [0, 0.05) is 30.5 Å². The number of carbonyl (C=O) groups is 1. The minimum absolute atomic E-state index is 0.144. The average Bonchev–Trinajstić information content (AvgIpc) is 2.98. The quantitative estimate of drug-likeness (QED) is 0.651. The molecule has 2 aromatic rings. The molecule has 1 aromatic heterocycles. The van der Waals surface area contributed by atoms with Crippen molar-refractivity contribution in [2.45, 2.75) is 24.7 Å². The molecular weight excluding hydrogens is 348 g/mol. The zero-order valence-electron chi connectivity index (χ0n) is 13.3. The molecule has 0 bridgehead atoms. The van der Waals surface area contributed by atoms with Crippen molar-refractivity contribution in [3.63, 3.8) is 0 Å². The Labute approximate surface area is 145 Å². The van der Waals surface area contributed by atoms with Crippen LogP contribution in [-0.2, 0) is 16.4 Å². The molecule has 0 aliphatic heterocycles. The predicted molar refractivity (Wildman–Crippen MR) is 94.5 cm³/mol. The lowest BCUT2D eigenvalue weighted by molar-refractivity contribution is 0.0954. The van der Waals surface area contributed by atoms with E-state index in [1.807, 2.05) is 12.3 Å². The van der Waals surface area contributed by atoms with Crippen molar-refractivity contribution in [1.29, 1.82) is 0 Å². The summed E-state index contributed by atoms with van der Waals surface area (Å²) in [6.07, 6.45) is 1.30. The van der Waals surface area contributed by atoms with E-state index in [0.29, 0.717) is 36.6 Å². The van der Waals surface area contributed by atoms with Gasteiger partial charge < -0.3 is 11.1 Å². The molecule has 0 aliphatic rings. The van der Waals surface area contributed by atoms with E-state index in [1.165, 1.54) is 35.6 Å². The highest BCUT2D eigenvalue weighted by atomic mass is 32.2. The molecule has 2 rings (SSSR count). The number of carbonyl (C=O) groups excluding carboxylic acids is 1. The number of benzene rings is 1. The van der Waals surface area contributed by atoms with Gasteiger partial charge in [0.15, 0.2) is 5.13 Å². The largest absolute Gasteiger partial charge is 0.375 e. The second-order valence-electron chi connectivity index (χ2n) is 5.11. The van der Waals surface area contributed by atoms with Gasteiger partial charge in [0.25, 0.3) is 5.91 Å². The zero-order valence-corrected chi connectivity index (χ0v) is 14.9. The van der Waals surface area contributed by atoms with E-state index >= 15 is 0 Å². The first-order chi connectivity index (χ1) is 11.4. The van der Waals surface area contributed by atoms with Gasteiger partial charge in [-0.3, -0.25) is 4.79 Å². The van der Waals surface area contributed by atoms with Crippen LogP contribution in [0.25, 0.3) is 0 Å². The Morgan fingerprint density at radius 1 is 1.25 bits per heavy atom. The number of sulfonamides is 1. The van der Waals surface area contributed by atoms with Crippen LogP contribution in [0.4, 0.5) is 5.13 Å². The number of rotatable bonds is 8. The SMILES string of the molecule is CCCNS(=O)(=O)c1ccc(C(=O)NCCc2csc(N)n2)cc1. The van der Waals surface area contributed by atoms with Gasteiger partial charge >= 0.3 is 0 Å². The Morgan fingerprint density at radius 3 is 2.54 bits per heavy atom. The topological polar surface area (TPSA) is 114 Å². The average molecular weight is 368 g/mol. The second-order valence-corrected chi connectivity index (χ2v) is 7.76. The van der Waals surface area contributed by atoms with Crippen molar-refractivity contribution in [1.82, 2.24) is 15.0 Å². The summed E-state index contributed by atoms with van der Waals surface area (Å²) in [5, 5.41) is 5.13. The van der Waals surface area contributed by atoms with E-state index in [2.05, 4.69) is 15.0 Å². The second kappa shape index (κ2) is 8.22. The number of hydrogen-bond donors (Lipinski definition) is 3. The summed E-state index contributed by atoms with van der Waals surface area (Å²) in [7, 11) is -3.52. The Bertz CT molecular complexity index is 785. The molecule has 0 unspecified atom stereocenters. The van der Waals surface area contributed by atoms with Crippen molar-refractivity contribution in [3.05, 3.63) is 40.9 Å². The van der Waals surface area contributed by atoms with E-state index in [-0.39, 0.29) is 10.8 Å². The monoisotopic (exact) mass is 368 g/mol. The molecule has 1 heterocycles. The number of hydrogen-bond acceptors (Lipinski definition) is 6. The standard InChI is InChI=1S/C15H20N4O3S2/c1-2-8-18-24(21,22)13-5-3-11(4-6-13)14(20)17-9-7-12-10-23-15(16)19-12/h3-6,10,18H,2,7-9H2,1H3,(H2,16,19)(H,17,20). The summed E-state index contributed by atoms with van der Waals surface area (Å²) in [6.45, 7) is 2.70. The molecule has 1 aromatic carbocycles. The maximum atomic E-state index is 12.1. The lowest BCUT2D eigenvalue weighted by Gasteiger charge is -2.07. The van der Waals surface area contributed by atoms with Gasteiger partial charge in [0.1, 0.15) is 0 Å². The highest BCUT2D eigenvalue weighted by Gasteiger charge is 2.14. The minimum atomic E-state index is -3.52. The third-order valence-electron chi connectivity index (χ3n) is 3.21. The molecule has 9 heteroatoms. The molecule has 0 saturated heterocycles. The van der Waals surface area contributed by atoms with Crippen molar-refractivity contribution in [3.8, 4) is 0 Å². The number of nitrogens with one attached hydrogen (secondary N) is 2. The molecule has 0 atom stereocenters. The van der Waals surface area contributed by atoms with E-state index in [9.17, 15) is 13.2 Å². The molecule has 0 fully saturated rings. The predicted octanol–water partition coefficient (Wildman–Crippen LogP) is 1.39. The minimum Gasteiger partial charge on any atom is -0.375 e. The summed E-state index contributed by atoms with van der Waals surface area (Å²) >= 11 is 1.36. The van der Waals surface area contributed by atoms with Crippen LogP contribution >= 0.6 is 11.3 Å². The third-order valence-corrected chi connectivity index (χ3v) is 5.40. The first-order valence-electron chi connectivity index (χ1n) is 7.50. The maximum Gasteiger partial charge on any atom is 0.251 e. The van der Waals surface area contributed by atoms with Crippen LogP contribution in [0, 0.1) is 0 Å². The first-order valence-corrected chi connectivity index (χ1v) is 9.86. The lowest BCUT2D eigenvalue weighted by Crippen LogP contribution is -2.26. The number of nitrogens with two attached hydrogens (primary N) is 1. The third kappa shape index (κ3) is 5.02. The molecule has 130 valence electrons. The molecule has 0 aliphatic carbocycles. The van der Waals surface area contributed by atoms with Crippen LogP contribution in [0.1, 0.15) is 29.4 Å². The fourth-order valence-electron chi connectivity index (χ4n) is 1.95. The number of nitrogen functional groups attached to an aromatic ring is 1. The normalized spacial score (nSPS) is 11.4. The Balaban J connectivity index is 1.91. The Kier molecular flexibility index (Phi) is 6.29. The van der Waals surface area contributed by atoms with E-state index < -0.39 is 10.0 Å². The van der Waals surface area contributed by atoms with Crippen molar-refractivity contribution >= 4 is 32.4 Å². The van der Waals surface area contributed by atoms with Gasteiger partial charge in [-0.15, -0.1) is 11.3 Å². The van der Waals surface area contributed by atoms with Crippen LogP contribution in [0.15, 0.2) is 34.5 Å². The zero-order chi connectivity index (χ0) is 17.6. The fourth-order valence-corrected chi connectivity index (χ4v) is 3.68. The van der Waals surface area contributed by atoms with Gasteiger partial charge in [-0.2, -0.15) is 0 Å². The van der Waals surface area contributed by atoms with Gasteiger partial charge in [-0.25, -0.2) is 18.1 Å². The van der Waals surface area contributed by atoms with Gasteiger partial charge in [0.2, 0.25) is 10.0 Å². The van der Waals surface area contributed by atoms with Gasteiger partial charge in [-0.05, 0) is 30.7 Å². The number of amides is 1. The van der Waals surface area contributed by atoms with E-state index in [0.717, 1.165) is 5.69 Å². The highest BCUT2D eigenvalue weighted by Crippen LogP contribution is 2.12. The summed E-state index contributed by atoms with van der Waals surface area (Å²) in [6, 6.07) is 5.84. The first kappa shape index (κ1) is 18.4. The fraction of sp³-hybridized carbons (Fsp3) is 0.333. The van der Waals surface area contributed by atoms with Crippen molar-refractivity contribution in [2.24, 2.45) is 0 Å². The van der Waals surface area contributed by atoms with Crippen LogP contribution in [0.5, 0.6) is 0 Å². The number of anilines is 1. The molecule has 0 spiro atoms. The lowest BCUT2D eigenvalue weighted by atomic mass is 10.2. The van der Waals surface area contributed by atoms with E-state index in [1.54, 1.807) is 0 Å². The number of nitrogens with zero attached hydrogens (tertiary/aromatic N) is 1. The molecule has 1 amide bonds. The summed E-state index contributed by atoms with van der Waals surface area (Å²) < 4.78 is 26.4. The smallest absolute Gasteiger partial charge is 0.251 e. The molecule has 7 nitrogen and oxygen atoms in total. The van der Waals surface area contributed by atoms with Crippen molar-refractivity contribution in [2.75, 3.05) is 18.8 Å². The Hall–Kier alpha value is -1.97. The van der Waals surface area contributed by atoms with E-state index in [4.69, 9.17) is 5.73 Å². The number of aromatic nitrogens is 1. The summed E-state index contributed by atoms with van der Waals surface area (Å²) in [5.74, 6) is -0.260. The Morgan fingerprint density at radius 2 is 1.96 bits per heavy atom. The van der Waals surface area contributed by atoms with Gasteiger partial charge in [0.05, 0.1) is 10.6 Å². The molecule has 0 radical (unpaired) electrons. The van der Waals surface area contributed by atoms with Gasteiger partial charge in [-0.1, -0.05) is 6.92 Å². The summed E-state index contributed by atoms with van der Waals surface area (Å²) in [4.78, 5) is 16.3. The van der Waals surface area contributed by atoms with Crippen molar-refractivity contribution < 1.29 is 13.2 Å². The van der Waals surface area contributed by atoms with Crippen LogP contribution in [0.3, 0.4) is 0 Å². The summed E-state index contributed by atoms with van der Waals surface area (Å²) in [5.41, 5.74) is 6.79. The maximum absolute atomic E-state index is 12.1. The molecule has 24 heavy (non-hydrogen) atoms. The molecule has 4 N–H and O–H groups in total. The van der Waals surface area contributed by atoms with Crippen LogP contribution in [-0.4, -0.2) is 32.4 Å². The number of thiazole rings is 1. The highest BCUT2D eigenvalue weighted by molar-refractivity contribution is 7.89. The molecular formula is C15H20N4O3S2. The molecule has 0 saturated carbocycles. The van der Waals surface area contributed by atoms with Crippen LogP contribution in [0.2, 0.25) is 0 Å². The van der Waals surface area contributed by atoms with Crippen LogP contribution < -0.4 is 15.8 Å².